The average molecular weight is 391 g/mol. The van der Waals surface area contributed by atoms with E-state index >= 15 is 0 Å². The maximum Gasteiger partial charge on any atom is 0.311 e. The first kappa shape index (κ1) is 18.9. The van der Waals surface area contributed by atoms with E-state index in [0.29, 0.717) is 12.3 Å². The number of carbonyl (C=O) groups is 2. The summed E-state index contributed by atoms with van der Waals surface area (Å²) in [6.45, 7) is 4.01. The van der Waals surface area contributed by atoms with Gasteiger partial charge in [0, 0.05) is 11.1 Å². The lowest BCUT2D eigenvalue weighted by molar-refractivity contribution is -0.142. The van der Waals surface area contributed by atoms with Gasteiger partial charge >= 0.3 is 5.97 Å². The number of nitrogens with zero attached hydrogens (tertiary/aromatic N) is 1. The second-order valence-electron chi connectivity index (χ2n) is 6.17. The van der Waals surface area contributed by atoms with Crippen LogP contribution in [0.3, 0.4) is 0 Å². The number of thiazole rings is 1. The molecule has 26 heavy (non-hydrogen) atoms. The van der Waals surface area contributed by atoms with E-state index in [1.807, 2.05) is 18.4 Å². The summed E-state index contributed by atoms with van der Waals surface area (Å²) in [4.78, 5) is 28.4. The lowest BCUT2D eigenvalue weighted by Crippen LogP contribution is -2.22. The summed E-state index contributed by atoms with van der Waals surface area (Å²) in [7, 11) is 0. The van der Waals surface area contributed by atoms with Crippen molar-refractivity contribution >= 4 is 40.7 Å². The minimum Gasteiger partial charge on any atom is -0.466 e. The van der Waals surface area contributed by atoms with E-state index in [1.54, 1.807) is 6.92 Å². The Morgan fingerprint density at radius 3 is 2.96 bits per heavy atom. The van der Waals surface area contributed by atoms with Crippen LogP contribution in [0.4, 0.5) is 5.69 Å². The van der Waals surface area contributed by atoms with Gasteiger partial charge in [-0.05, 0) is 56.4 Å². The highest BCUT2D eigenvalue weighted by Gasteiger charge is 2.18. The van der Waals surface area contributed by atoms with Crippen molar-refractivity contribution in [3.63, 3.8) is 0 Å². The monoisotopic (exact) mass is 390 g/mol. The van der Waals surface area contributed by atoms with Crippen molar-refractivity contribution in [2.45, 2.75) is 49.1 Å². The Balaban J connectivity index is 1.54. The first-order chi connectivity index (χ1) is 12.5. The minimum absolute atomic E-state index is 0.0462. The number of rotatable bonds is 7. The van der Waals surface area contributed by atoms with Gasteiger partial charge in [-0.1, -0.05) is 17.8 Å². The highest BCUT2D eigenvalue weighted by atomic mass is 32.2. The van der Waals surface area contributed by atoms with Crippen molar-refractivity contribution in [3.8, 4) is 0 Å². The zero-order valence-corrected chi connectivity index (χ0v) is 16.5. The van der Waals surface area contributed by atoms with Crippen LogP contribution in [0.15, 0.2) is 27.9 Å². The van der Waals surface area contributed by atoms with Crippen molar-refractivity contribution in [1.29, 1.82) is 0 Å². The highest BCUT2D eigenvalue weighted by molar-refractivity contribution is 8.02. The molecule has 0 fully saturated rings. The predicted molar refractivity (Wildman–Crippen MR) is 105 cm³/mol. The topological polar surface area (TPSA) is 68.3 Å². The molecule has 0 aliphatic heterocycles. The van der Waals surface area contributed by atoms with Gasteiger partial charge in [-0.2, -0.15) is 0 Å². The van der Waals surface area contributed by atoms with Crippen LogP contribution >= 0.6 is 23.1 Å². The average Bonchev–Trinajstić information content (AvgIpc) is 3.23. The van der Waals surface area contributed by atoms with Crippen LogP contribution in [0.2, 0.25) is 0 Å². The number of hydrogen-bond donors (Lipinski definition) is 1. The number of thioether (sulfide) groups is 1. The number of esters is 1. The molecule has 0 bridgehead atoms. The standard InChI is InChI=1S/C19H22N2O3S2/c1-3-24-17(22)10-16-11-25-19(21-16)26-12(2)18(23)20-15-8-7-13-5-4-6-14(13)9-15/h7-9,11-12H,3-6,10H2,1-2H3,(H,20,23)/t12-/m0/s1. The number of hydrogen-bond acceptors (Lipinski definition) is 6. The Morgan fingerprint density at radius 1 is 1.35 bits per heavy atom. The molecule has 1 aliphatic carbocycles. The normalized spacial score (nSPS) is 13.9. The van der Waals surface area contributed by atoms with E-state index in [9.17, 15) is 9.59 Å². The third kappa shape index (κ3) is 4.86. The van der Waals surface area contributed by atoms with Gasteiger partial charge in [-0.3, -0.25) is 9.59 Å². The SMILES string of the molecule is CCOC(=O)Cc1csc(S[C@@H](C)C(=O)Nc2ccc3c(c2)CCC3)n1. The molecule has 1 atom stereocenters. The van der Waals surface area contributed by atoms with E-state index in [1.165, 1.54) is 40.6 Å². The highest BCUT2D eigenvalue weighted by Crippen LogP contribution is 2.29. The molecule has 138 valence electrons. The molecule has 1 aromatic heterocycles. The first-order valence-electron chi connectivity index (χ1n) is 8.74. The number of aromatic nitrogens is 1. The van der Waals surface area contributed by atoms with Crippen LogP contribution in [0.5, 0.6) is 0 Å². The van der Waals surface area contributed by atoms with Crippen molar-refractivity contribution in [1.82, 2.24) is 4.98 Å². The van der Waals surface area contributed by atoms with Crippen LogP contribution in [-0.2, 0) is 33.6 Å². The maximum absolute atomic E-state index is 12.5. The van der Waals surface area contributed by atoms with E-state index in [-0.39, 0.29) is 23.5 Å². The number of nitrogens with one attached hydrogen (secondary N) is 1. The molecule has 0 spiro atoms. The molecule has 1 heterocycles. The van der Waals surface area contributed by atoms with Gasteiger partial charge in [0.15, 0.2) is 4.34 Å². The molecule has 3 rings (SSSR count). The van der Waals surface area contributed by atoms with Crippen LogP contribution in [0, 0.1) is 0 Å². The lowest BCUT2D eigenvalue weighted by Gasteiger charge is -2.11. The van der Waals surface area contributed by atoms with Gasteiger partial charge in [0.25, 0.3) is 0 Å². The second-order valence-corrected chi connectivity index (χ2v) is 8.62. The molecule has 1 aliphatic rings. The van der Waals surface area contributed by atoms with Crippen molar-refractivity contribution in [2.24, 2.45) is 0 Å². The van der Waals surface area contributed by atoms with E-state index in [2.05, 4.69) is 22.4 Å². The number of benzene rings is 1. The van der Waals surface area contributed by atoms with Gasteiger partial charge in [0.2, 0.25) is 5.91 Å². The van der Waals surface area contributed by atoms with Gasteiger partial charge < -0.3 is 10.1 Å². The number of amides is 1. The molecule has 1 amide bonds. The summed E-state index contributed by atoms with van der Waals surface area (Å²) in [5.41, 5.74) is 4.27. The number of fused-ring (bicyclic) bond motifs is 1. The van der Waals surface area contributed by atoms with Gasteiger partial charge in [0.05, 0.1) is 24.0 Å². The molecule has 0 saturated heterocycles. The summed E-state index contributed by atoms with van der Waals surface area (Å²) < 4.78 is 5.71. The molecule has 7 heteroatoms. The van der Waals surface area contributed by atoms with E-state index in [0.717, 1.165) is 22.9 Å². The molecular weight excluding hydrogens is 368 g/mol. The molecule has 1 N–H and O–H groups in total. The Bertz CT molecular complexity index is 804. The van der Waals surface area contributed by atoms with Crippen molar-refractivity contribution in [3.05, 3.63) is 40.4 Å². The Kier molecular flexibility index (Phi) is 6.32. The quantitative estimate of drug-likeness (QED) is 0.574. The zero-order chi connectivity index (χ0) is 18.5. The molecular formula is C19H22N2O3S2. The molecule has 0 unspecified atom stereocenters. The number of ether oxygens (including phenoxy) is 1. The lowest BCUT2D eigenvalue weighted by atomic mass is 10.1. The molecule has 5 nitrogen and oxygen atoms in total. The number of anilines is 1. The molecule has 0 saturated carbocycles. The van der Waals surface area contributed by atoms with Crippen molar-refractivity contribution < 1.29 is 14.3 Å². The van der Waals surface area contributed by atoms with Crippen LogP contribution in [0.25, 0.3) is 0 Å². The van der Waals surface area contributed by atoms with E-state index < -0.39 is 0 Å². The number of aryl methyl sites for hydroxylation is 2. The van der Waals surface area contributed by atoms with Gasteiger partial charge in [-0.15, -0.1) is 11.3 Å². The van der Waals surface area contributed by atoms with Crippen LogP contribution in [0.1, 0.15) is 37.1 Å². The summed E-state index contributed by atoms with van der Waals surface area (Å²) >= 11 is 2.84. The fourth-order valence-electron chi connectivity index (χ4n) is 2.88. The Labute approximate surface area is 161 Å². The third-order valence-corrected chi connectivity index (χ3v) is 6.30. The van der Waals surface area contributed by atoms with Gasteiger partial charge in [-0.25, -0.2) is 4.98 Å². The smallest absolute Gasteiger partial charge is 0.311 e. The maximum atomic E-state index is 12.5. The summed E-state index contributed by atoms with van der Waals surface area (Å²) in [6.07, 6.45) is 3.58. The second kappa shape index (κ2) is 8.68. The predicted octanol–water partition coefficient (Wildman–Crippen LogP) is 3.86. The summed E-state index contributed by atoms with van der Waals surface area (Å²) in [6, 6.07) is 6.16. The largest absolute Gasteiger partial charge is 0.466 e. The molecule has 0 radical (unpaired) electrons. The van der Waals surface area contributed by atoms with Crippen LogP contribution in [-0.4, -0.2) is 28.7 Å². The summed E-state index contributed by atoms with van der Waals surface area (Å²) in [5, 5.41) is 4.55. The van der Waals surface area contributed by atoms with Gasteiger partial charge in [0.1, 0.15) is 0 Å². The number of carbonyl (C=O) groups excluding carboxylic acids is 2. The Morgan fingerprint density at radius 2 is 2.15 bits per heavy atom. The fraction of sp³-hybridized carbons (Fsp3) is 0.421. The fourth-order valence-corrected chi connectivity index (χ4v) is 4.86. The minimum atomic E-state index is -0.281. The van der Waals surface area contributed by atoms with Crippen molar-refractivity contribution in [2.75, 3.05) is 11.9 Å². The molecule has 1 aromatic carbocycles. The first-order valence-corrected chi connectivity index (χ1v) is 10.5. The Hall–Kier alpha value is -1.86. The molecule has 2 aromatic rings. The zero-order valence-electron chi connectivity index (χ0n) is 14.9. The van der Waals surface area contributed by atoms with E-state index in [4.69, 9.17) is 4.74 Å². The summed E-state index contributed by atoms with van der Waals surface area (Å²) in [5.74, 6) is -0.327. The van der Waals surface area contributed by atoms with Crippen LogP contribution < -0.4 is 5.32 Å². The third-order valence-electron chi connectivity index (χ3n) is 4.17.